The van der Waals surface area contributed by atoms with Crippen LogP contribution in [-0.2, 0) is 0 Å². The van der Waals surface area contributed by atoms with E-state index in [1.54, 1.807) is 37.2 Å². The molecular weight excluding hydrogens is 364 g/mol. The minimum Gasteiger partial charge on any atom is -0.372 e. The van der Waals surface area contributed by atoms with Gasteiger partial charge in [0.15, 0.2) is 0 Å². The highest BCUT2D eigenvalue weighted by Gasteiger charge is 2.17. The Balaban J connectivity index is 1.92. The first kappa shape index (κ1) is 17.1. The van der Waals surface area contributed by atoms with Gasteiger partial charge in [0.1, 0.15) is 10.7 Å². The molecule has 0 aliphatic carbocycles. The molecule has 3 rings (SSSR count). The molecule has 1 aromatic carbocycles. The number of nitro groups is 1. The zero-order valence-electron chi connectivity index (χ0n) is 13.3. The van der Waals surface area contributed by atoms with Crippen LogP contribution in [-0.4, -0.2) is 29.2 Å². The third-order valence-electron chi connectivity index (χ3n) is 3.34. The summed E-state index contributed by atoms with van der Waals surface area (Å²) < 4.78 is 5.17. The van der Waals surface area contributed by atoms with Gasteiger partial charge in [0.25, 0.3) is 11.6 Å². The van der Waals surface area contributed by atoms with Gasteiger partial charge in [-0.05, 0) is 29.2 Å². The van der Waals surface area contributed by atoms with Gasteiger partial charge in [-0.3, -0.25) is 10.1 Å². The Labute approximate surface area is 152 Å². The fourth-order valence-electron chi connectivity index (χ4n) is 2.19. The van der Waals surface area contributed by atoms with Gasteiger partial charge in [0.05, 0.1) is 9.80 Å². The second-order valence-corrected chi connectivity index (χ2v) is 6.65. The van der Waals surface area contributed by atoms with Crippen molar-refractivity contribution in [2.75, 3.05) is 19.0 Å². The first-order chi connectivity index (χ1) is 12.0. The zero-order valence-corrected chi connectivity index (χ0v) is 14.9. The molecule has 0 bridgehead atoms. The number of anilines is 1. The fourth-order valence-corrected chi connectivity index (χ4v) is 3.04. The standard InChI is InChI=1S/C16H13ClN4O3S/c1-20(2)12-6-5-10(9-13(12)21(22)23)8-11(17)16-18-15(19-24-16)14-4-3-7-25-14/h3-9H,1-2H3/b11-8-. The van der Waals surface area contributed by atoms with Crippen molar-refractivity contribution in [1.29, 1.82) is 0 Å². The molecule has 2 heterocycles. The summed E-state index contributed by atoms with van der Waals surface area (Å²) in [4.78, 5) is 17.6. The van der Waals surface area contributed by atoms with E-state index in [4.69, 9.17) is 16.1 Å². The Kier molecular flexibility index (Phi) is 4.82. The van der Waals surface area contributed by atoms with Gasteiger partial charge in [-0.1, -0.05) is 28.9 Å². The average Bonchev–Trinajstić information content (AvgIpc) is 3.25. The molecule has 2 aromatic heterocycles. The van der Waals surface area contributed by atoms with Crippen LogP contribution in [0.5, 0.6) is 0 Å². The molecule has 0 unspecified atom stereocenters. The first-order valence-electron chi connectivity index (χ1n) is 7.16. The van der Waals surface area contributed by atoms with E-state index in [9.17, 15) is 10.1 Å². The van der Waals surface area contributed by atoms with Crippen molar-refractivity contribution < 1.29 is 9.45 Å². The van der Waals surface area contributed by atoms with Crippen molar-refractivity contribution in [3.63, 3.8) is 0 Å². The maximum Gasteiger partial charge on any atom is 0.293 e. The van der Waals surface area contributed by atoms with E-state index in [0.29, 0.717) is 17.1 Å². The molecule has 0 fully saturated rings. The normalized spacial score (nSPS) is 11.6. The Bertz CT molecular complexity index is 935. The van der Waals surface area contributed by atoms with E-state index < -0.39 is 4.92 Å². The van der Waals surface area contributed by atoms with E-state index in [2.05, 4.69) is 10.1 Å². The molecule has 128 valence electrons. The van der Waals surface area contributed by atoms with Crippen LogP contribution < -0.4 is 4.90 Å². The van der Waals surface area contributed by atoms with Gasteiger partial charge in [0, 0.05) is 20.2 Å². The summed E-state index contributed by atoms with van der Waals surface area (Å²) in [5.41, 5.74) is 1.07. The lowest BCUT2D eigenvalue weighted by Gasteiger charge is -2.12. The van der Waals surface area contributed by atoms with Crippen molar-refractivity contribution in [1.82, 2.24) is 10.1 Å². The smallest absolute Gasteiger partial charge is 0.293 e. The predicted molar refractivity (Wildman–Crippen MR) is 98.8 cm³/mol. The maximum atomic E-state index is 11.3. The minimum absolute atomic E-state index is 0.00646. The minimum atomic E-state index is -0.428. The number of hydrogen-bond acceptors (Lipinski definition) is 7. The van der Waals surface area contributed by atoms with Crippen molar-refractivity contribution in [3.8, 4) is 10.7 Å². The number of hydrogen-bond donors (Lipinski definition) is 0. The molecule has 0 saturated carbocycles. The molecule has 9 heteroatoms. The van der Waals surface area contributed by atoms with Crippen molar-refractivity contribution in [2.45, 2.75) is 0 Å². The third kappa shape index (κ3) is 3.70. The molecule has 0 atom stereocenters. The monoisotopic (exact) mass is 376 g/mol. The van der Waals surface area contributed by atoms with Crippen molar-refractivity contribution >= 4 is 45.4 Å². The van der Waals surface area contributed by atoms with Crippen LogP contribution in [0.2, 0.25) is 0 Å². The highest BCUT2D eigenvalue weighted by atomic mass is 35.5. The van der Waals surface area contributed by atoms with Crippen LogP contribution in [0.15, 0.2) is 40.2 Å². The van der Waals surface area contributed by atoms with Crippen LogP contribution in [0.1, 0.15) is 11.5 Å². The van der Waals surface area contributed by atoms with E-state index >= 15 is 0 Å². The van der Waals surface area contributed by atoms with Crippen LogP contribution >= 0.6 is 22.9 Å². The van der Waals surface area contributed by atoms with Crippen molar-refractivity contribution in [2.24, 2.45) is 0 Å². The lowest BCUT2D eigenvalue weighted by atomic mass is 10.1. The van der Waals surface area contributed by atoms with E-state index in [-0.39, 0.29) is 16.6 Å². The fraction of sp³-hybridized carbons (Fsp3) is 0.125. The SMILES string of the molecule is CN(C)c1ccc(/C=C(\Cl)c2nc(-c3cccs3)no2)cc1[N+](=O)[O-]. The van der Waals surface area contributed by atoms with Crippen LogP contribution in [0, 0.1) is 10.1 Å². The van der Waals surface area contributed by atoms with E-state index in [1.807, 2.05) is 17.5 Å². The Morgan fingerprint density at radius 3 is 2.84 bits per heavy atom. The molecule has 0 saturated heterocycles. The molecule has 25 heavy (non-hydrogen) atoms. The largest absolute Gasteiger partial charge is 0.372 e. The summed E-state index contributed by atoms with van der Waals surface area (Å²) in [6.45, 7) is 0. The summed E-state index contributed by atoms with van der Waals surface area (Å²) in [6.07, 6.45) is 1.56. The van der Waals surface area contributed by atoms with Gasteiger partial charge in [-0.15, -0.1) is 11.3 Å². The molecule has 0 aliphatic rings. The summed E-state index contributed by atoms with van der Waals surface area (Å²) in [6, 6.07) is 8.62. The van der Waals surface area contributed by atoms with Gasteiger partial charge < -0.3 is 9.42 Å². The van der Waals surface area contributed by atoms with E-state index in [1.165, 1.54) is 17.4 Å². The lowest BCUT2D eigenvalue weighted by Crippen LogP contribution is -2.10. The summed E-state index contributed by atoms with van der Waals surface area (Å²) >= 11 is 7.73. The number of nitro benzene ring substituents is 1. The lowest BCUT2D eigenvalue weighted by molar-refractivity contribution is -0.384. The van der Waals surface area contributed by atoms with E-state index in [0.717, 1.165) is 4.88 Å². The van der Waals surface area contributed by atoms with Gasteiger partial charge in [-0.25, -0.2) is 0 Å². The zero-order chi connectivity index (χ0) is 18.0. The number of rotatable bonds is 5. The Morgan fingerprint density at radius 2 is 2.20 bits per heavy atom. The summed E-state index contributed by atoms with van der Waals surface area (Å²) in [7, 11) is 3.49. The van der Waals surface area contributed by atoms with Gasteiger partial charge >= 0.3 is 0 Å². The van der Waals surface area contributed by atoms with Crippen LogP contribution in [0.3, 0.4) is 0 Å². The molecule has 0 aliphatic heterocycles. The Hall–Kier alpha value is -2.71. The predicted octanol–water partition coefficient (Wildman–Crippen LogP) is 4.51. The van der Waals surface area contributed by atoms with Gasteiger partial charge in [0.2, 0.25) is 5.82 Å². The Morgan fingerprint density at radius 1 is 1.40 bits per heavy atom. The molecular formula is C16H13ClN4O3S. The summed E-state index contributed by atoms with van der Waals surface area (Å²) in [5.74, 6) is 0.606. The number of nitrogens with zero attached hydrogens (tertiary/aromatic N) is 4. The second-order valence-electron chi connectivity index (χ2n) is 5.29. The van der Waals surface area contributed by atoms with Gasteiger partial charge in [-0.2, -0.15) is 4.98 Å². The number of aromatic nitrogens is 2. The summed E-state index contributed by atoms with van der Waals surface area (Å²) in [5, 5.41) is 17.3. The second kappa shape index (κ2) is 7.04. The van der Waals surface area contributed by atoms with Crippen molar-refractivity contribution in [3.05, 3.63) is 57.3 Å². The molecule has 0 radical (unpaired) electrons. The molecule has 7 nitrogen and oxygen atoms in total. The topological polar surface area (TPSA) is 85.3 Å². The highest BCUT2D eigenvalue weighted by molar-refractivity contribution is 7.13. The van der Waals surface area contributed by atoms with Crippen LogP contribution in [0.25, 0.3) is 21.8 Å². The quantitative estimate of drug-likeness (QED) is 0.481. The molecule has 0 amide bonds. The molecule has 0 N–H and O–H groups in total. The number of halogens is 1. The first-order valence-corrected chi connectivity index (χ1v) is 8.42. The number of thiophene rings is 1. The molecule has 0 spiro atoms. The average molecular weight is 377 g/mol. The molecule has 3 aromatic rings. The highest BCUT2D eigenvalue weighted by Crippen LogP contribution is 2.31. The third-order valence-corrected chi connectivity index (χ3v) is 4.48. The maximum absolute atomic E-state index is 11.3. The number of benzene rings is 1. The van der Waals surface area contributed by atoms with Crippen LogP contribution in [0.4, 0.5) is 11.4 Å².